The molecule has 0 radical (unpaired) electrons. The van der Waals surface area contributed by atoms with E-state index >= 15 is 0 Å². The number of methoxy groups -OCH3 is 1. The van der Waals surface area contributed by atoms with Crippen molar-refractivity contribution >= 4 is 0 Å². The highest BCUT2D eigenvalue weighted by atomic mass is 19.4. The molecule has 0 spiro atoms. The molecular formula is C17H18F3NO. The number of hydrogen-bond acceptors (Lipinski definition) is 2. The number of ether oxygens (including phenoxy) is 1. The predicted octanol–water partition coefficient (Wildman–Crippen LogP) is 4.35. The molecule has 1 atom stereocenters. The lowest BCUT2D eigenvalue weighted by Crippen LogP contribution is -2.11. The molecular weight excluding hydrogens is 291 g/mol. The Labute approximate surface area is 127 Å². The van der Waals surface area contributed by atoms with E-state index in [9.17, 15) is 13.2 Å². The summed E-state index contributed by atoms with van der Waals surface area (Å²) >= 11 is 0. The molecule has 2 aromatic rings. The summed E-state index contributed by atoms with van der Waals surface area (Å²) in [5, 5.41) is 0. The maximum atomic E-state index is 12.5. The van der Waals surface area contributed by atoms with E-state index in [1.54, 1.807) is 7.11 Å². The van der Waals surface area contributed by atoms with Gasteiger partial charge in [0.25, 0.3) is 0 Å². The van der Waals surface area contributed by atoms with Gasteiger partial charge in [0.2, 0.25) is 0 Å². The fraction of sp³-hybridized carbons (Fsp3) is 0.294. The summed E-state index contributed by atoms with van der Waals surface area (Å²) in [6.07, 6.45) is -3.02. The van der Waals surface area contributed by atoms with Gasteiger partial charge in [0.1, 0.15) is 5.75 Å². The topological polar surface area (TPSA) is 35.2 Å². The van der Waals surface area contributed by atoms with Crippen LogP contribution in [0, 0.1) is 0 Å². The predicted molar refractivity (Wildman–Crippen MR) is 79.7 cm³/mol. The lowest BCUT2D eigenvalue weighted by atomic mass is 9.99. The average molecular weight is 309 g/mol. The highest BCUT2D eigenvalue weighted by Gasteiger charge is 2.29. The molecule has 0 saturated heterocycles. The van der Waals surface area contributed by atoms with Gasteiger partial charge in [-0.05, 0) is 48.2 Å². The number of benzene rings is 2. The molecule has 0 heterocycles. The Balaban J connectivity index is 1.97. The second-order valence-corrected chi connectivity index (χ2v) is 5.12. The molecule has 2 aromatic carbocycles. The maximum Gasteiger partial charge on any atom is 0.416 e. The van der Waals surface area contributed by atoms with Crippen LogP contribution in [0.4, 0.5) is 13.2 Å². The molecule has 5 heteroatoms. The summed E-state index contributed by atoms with van der Waals surface area (Å²) < 4.78 is 42.6. The molecule has 0 amide bonds. The minimum absolute atomic E-state index is 0.183. The van der Waals surface area contributed by atoms with Crippen LogP contribution >= 0.6 is 0 Å². The van der Waals surface area contributed by atoms with Crippen molar-refractivity contribution in [1.82, 2.24) is 0 Å². The fourth-order valence-corrected chi connectivity index (χ4v) is 2.22. The van der Waals surface area contributed by atoms with Crippen molar-refractivity contribution < 1.29 is 17.9 Å². The molecule has 0 fully saturated rings. The van der Waals surface area contributed by atoms with E-state index in [4.69, 9.17) is 10.5 Å². The molecule has 118 valence electrons. The van der Waals surface area contributed by atoms with Crippen LogP contribution in [0.3, 0.4) is 0 Å². The third kappa shape index (κ3) is 4.24. The third-order valence-electron chi connectivity index (χ3n) is 3.55. The lowest BCUT2D eigenvalue weighted by Gasteiger charge is -2.13. The lowest BCUT2D eigenvalue weighted by molar-refractivity contribution is -0.137. The molecule has 2 N–H and O–H groups in total. The van der Waals surface area contributed by atoms with E-state index < -0.39 is 11.7 Å². The Kier molecular flexibility index (Phi) is 5.08. The highest BCUT2D eigenvalue weighted by Crippen LogP contribution is 2.29. The van der Waals surface area contributed by atoms with E-state index in [-0.39, 0.29) is 6.04 Å². The first kappa shape index (κ1) is 16.4. The van der Waals surface area contributed by atoms with Gasteiger partial charge in [-0.25, -0.2) is 0 Å². The smallest absolute Gasteiger partial charge is 0.416 e. The largest absolute Gasteiger partial charge is 0.497 e. The van der Waals surface area contributed by atoms with E-state index in [0.29, 0.717) is 12.8 Å². The molecule has 0 aliphatic heterocycles. The first-order chi connectivity index (χ1) is 10.4. The van der Waals surface area contributed by atoms with E-state index in [2.05, 4.69) is 0 Å². The Morgan fingerprint density at radius 2 is 1.77 bits per heavy atom. The number of halogens is 3. The summed E-state index contributed by atoms with van der Waals surface area (Å²) in [5.74, 6) is 0.738. The van der Waals surface area contributed by atoms with Crippen LogP contribution < -0.4 is 10.5 Å². The minimum atomic E-state index is -4.30. The zero-order valence-corrected chi connectivity index (χ0v) is 12.2. The van der Waals surface area contributed by atoms with Crippen molar-refractivity contribution in [3.8, 4) is 5.75 Å². The number of rotatable bonds is 5. The van der Waals surface area contributed by atoms with Crippen molar-refractivity contribution in [3.05, 3.63) is 65.2 Å². The minimum Gasteiger partial charge on any atom is -0.497 e. The Morgan fingerprint density at radius 1 is 1.09 bits per heavy atom. The Hall–Kier alpha value is -2.01. The number of alkyl halides is 3. The molecule has 0 aliphatic rings. The fourth-order valence-electron chi connectivity index (χ4n) is 2.22. The normalized spacial score (nSPS) is 13.0. The highest BCUT2D eigenvalue weighted by molar-refractivity contribution is 5.31. The number of hydrogen-bond donors (Lipinski definition) is 1. The molecule has 2 rings (SSSR count). The third-order valence-corrected chi connectivity index (χ3v) is 3.55. The van der Waals surface area contributed by atoms with Crippen molar-refractivity contribution in [3.63, 3.8) is 0 Å². The average Bonchev–Trinajstić information content (AvgIpc) is 2.52. The molecule has 0 saturated carbocycles. The summed E-state index contributed by atoms with van der Waals surface area (Å²) in [6, 6.07) is 12.5. The first-order valence-electron chi connectivity index (χ1n) is 6.96. The van der Waals surface area contributed by atoms with E-state index in [0.717, 1.165) is 29.0 Å². The second kappa shape index (κ2) is 6.83. The zero-order chi connectivity index (χ0) is 16.2. The van der Waals surface area contributed by atoms with Crippen molar-refractivity contribution in [2.24, 2.45) is 5.73 Å². The van der Waals surface area contributed by atoms with Gasteiger partial charge in [0.05, 0.1) is 12.7 Å². The monoisotopic (exact) mass is 309 g/mol. The number of aryl methyl sites for hydroxylation is 1. The SMILES string of the molecule is COc1cccc(C(N)CCc2ccc(C(F)(F)F)cc2)c1. The molecule has 0 bridgehead atoms. The van der Waals surface area contributed by atoms with Gasteiger partial charge < -0.3 is 10.5 Å². The van der Waals surface area contributed by atoms with Crippen LogP contribution in [-0.2, 0) is 12.6 Å². The van der Waals surface area contributed by atoms with Gasteiger partial charge >= 0.3 is 6.18 Å². The quantitative estimate of drug-likeness (QED) is 0.891. The number of nitrogens with two attached hydrogens (primary N) is 1. The molecule has 0 aliphatic carbocycles. The molecule has 22 heavy (non-hydrogen) atoms. The summed E-state index contributed by atoms with van der Waals surface area (Å²) in [6.45, 7) is 0. The van der Waals surface area contributed by atoms with E-state index in [1.807, 2.05) is 24.3 Å². The standard InChI is InChI=1S/C17H18F3NO/c1-22-15-4-2-3-13(11-15)16(21)10-7-12-5-8-14(9-6-12)17(18,19)20/h2-6,8-9,11,16H,7,10,21H2,1H3. The van der Waals surface area contributed by atoms with Crippen molar-refractivity contribution in [2.45, 2.75) is 25.1 Å². The molecule has 2 nitrogen and oxygen atoms in total. The van der Waals surface area contributed by atoms with Crippen LogP contribution in [0.25, 0.3) is 0 Å². The Bertz CT molecular complexity index is 608. The molecule has 0 aromatic heterocycles. The van der Waals surface area contributed by atoms with Crippen molar-refractivity contribution in [1.29, 1.82) is 0 Å². The van der Waals surface area contributed by atoms with Gasteiger partial charge in [-0.3, -0.25) is 0 Å². The summed E-state index contributed by atoms with van der Waals surface area (Å²) in [7, 11) is 1.59. The van der Waals surface area contributed by atoms with Gasteiger partial charge in [-0.15, -0.1) is 0 Å². The van der Waals surface area contributed by atoms with Crippen molar-refractivity contribution in [2.75, 3.05) is 7.11 Å². The van der Waals surface area contributed by atoms with Gasteiger partial charge in [-0.1, -0.05) is 24.3 Å². The zero-order valence-electron chi connectivity index (χ0n) is 12.2. The van der Waals surface area contributed by atoms with Gasteiger partial charge in [0, 0.05) is 6.04 Å². The van der Waals surface area contributed by atoms with E-state index in [1.165, 1.54) is 12.1 Å². The van der Waals surface area contributed by atoms with Crippen LogP contribution in [0.15, 0.2) is 48.5 Å². The maximum absolute atomic E-state index is 12.5. The summed E-state index contributed by atoms with van der Waals surface area (Å²) in [4.78, 5) is 0. The van der Waals surface area contributed by atoms with Crippen LogP contribution in [0.1, 0.15) is 29.2 Å². The van der Waals surface area contributed by atoms with Crippen LogP contribution in [0.5, 0.6) is 5.75 Å². The Morgan fingerprint density at radius 3 is 2.36 bits per heavy atom. The van der Waals surface area contributed by atoms with Gasteiger partial charge in [0.15, 0.2) is 0 Å². The van der Waals surface area contributed by atoms with Crippen LogP contribution in [-0.4, -0.2) is 7.11 Å². The summed E-state index contributed by atoms with van der Waals surface area (Å²) in [5.41, 5.74) is 7.29. The first-order valence-corrected chi connectivity index (χ1v) is 6.96. The second-order valence-electron chi connectivity index (χ2n) is 5.12. The van der Waals surface area contributed by atoms with Crippen LogP contribution in [0.2, 0.25) is 0 Å². The van der Waals surface area contributed by atoms with Gasteiger partial charge in [-0.2, -0.15) is 13.2 Å². The molecule has 1 unspecified atom stereocenters.